The Balaban J connectivity index is 1.53. The van der Waals surface area contributed by atoms with E-state index in [1.54, 1.807) is 24.3 Å². The van der Waals surface area contributed by atoms with E-state index >= 15 is 0 Å². The Morgan fingerprint density at radius 3 is 2.36 bits per heavy atom. The van der Waals surface area contributed by atoms with Gasteiger partial charge in [0.15, 0.2) is 0 Å². The van der Waals surface area contributed by atoms with Gasteiger partial charge < -0.3 is 5.32 Å². The number of fused-ring (bicyclic) bond motifs is 2. The molecule has 0 spiro atoms. The van der Waals surface area contributed by atoms with Crippen molar-refractivity contribution in [3.63, 3.8) is 0 Å². The van der Waals surface area contributed by atoms with Crippen LogP contribution in [0.5, 0.6) is 0 Å². The molecule has 0 aliphatic heterocycles. The molecule has 2 aliphatic carbocycles. The second-order valence-electron chi connectivity index (χ2n) is 7.90. The van der Waals surface area contributed by atoms with E-state index in [2.05, 4.69) is 36.9 Å². The van der Waals surface area contributed by atoms with Crippen LogP contribution in [0.3, 0.4) is 0 Å². The minimum Gasteiger partial charge on any atom is -0.333 e. The smallest absolute Gasteiger partial charge is 0.333 e. The van der Waals surface area contributed by atoms with Crippen LogP contribution in [0.4, 0.5) is 4.79 Å². The van der Waals surface area contributed by atoms with Gasteiger partial charge in [0.25, 0.3) is 5.91 Å². The Bertz CT molecular complexity index is 735. The van der Waals surface area contributed by atoms with Gasteiger partial charge in [0.2, 0.25) is 0 Å². The molecule has 1 aromatic rings. The van der Waals surface area contributed by atoms with Crippen LogP contribution in [0.25, 0.3) is 0 Å². The summed E-state index contributed by atoms with van der Waals surface area (Å²) in [5.74, 6) is 0.218. The average molecular weight is 340 g/mol. The first-order valence-corrected chi connectivity index (χ1v) is 8.65. The van der Waals surface area contributed by atoms with Crippen LogP contribution < -0.4 is 16.2 Å². The number of rotatable bonds is 2. The molecule has 0 radical (unpaired) electrons. The topological polar surface area (TPSA) is 94.0 Å². The van der Waals surface area contributed by atoms with Crippen LogP contribution in [0.2, 0.25) is 0 Å². The number of hydrogen-bond donors (Lipinski definition) is 3. The van der Waals surface area contributed by atoms with E-state index in [0.29, 0.717) is 17.0 Å². The lowest BCUT2D eigenvalue weighted by molar-refractivity contribution is 0.0931. The summed E-state index contributed by atoms with van der Waals surface area (Å²) >= 11 is 0. The first-order valence-electron chi connectivity index (χ1n) is 8.65. The summed E-state index contributed by atoms with van der Waals surface area (Å²) in [5, 5.41) is 11.8. The summed E-state index contributed by atoms with van der Waals surface area (Å²) in [6.45, 7) is 6.83. The lowest BCUT2D eigenvalue weighted by Crippen LogP contribution is -2.54. The normalized spacial score (nSPS) is 28.9. The first kappa shape index (κ1) is 17.3. The number of urea groups is 1. The van der Waals surface area contributed by atoms with E-state index in [-0.39, 0.29) is 16.9 Å². The summed E-state index contributed by atoms with van der Waals surface area (Å²) in [4.78, 5) is 24.2. The number of carbonyl (C=O) groups excluding carboxylic acids is 2. The van der Waals surface area contributed by atoms with Gasteiger partial charge in [-0.1, -0.05) is 20.8 Å². The predicted octanol–water partition coefficient (Wildman–Crippen LogP) is 2.72. The van der Waals surface area contributed by atoms with Gasteiger partial charge in [0.1, 0.15) is 0 Å². The monoisotopic (exact) mass is 340 g/mol. The molecule has 132 valence electrons. The van der Waals surface area contributed by atoms with Crippen LogP contribution >= 0.6 is 0 Å². The highest BCUT2D eigenvalue weighted by Gasteiger charge is 2.61. The third-order valence-corrected chi connectivity index (χ3v) is 6.67. The standard InChI is InChI=1S/C19H24N4O2/c1-18(2)14-8-9-19(18,3)15(10-14)21-17(25)23-22-16(24)13-6-4-12(11-20)5-7-13/h4-7,14-15H,8-10H2,1-3H3,(H,22,24)(H2,21,23,25). The summed E-state index contributed by atoms with van der Waals surface area (Å²) in [7, 11) is 0. The Morgan fingerprint density at radius 2 is 1.84 bits per heavy atom. The molecule has 2 bridgehead atoms. The number of nitrogens with zero attached hydrogens (tertiary/aromatic N) is 1. The minimum absolute atomic E-state index is 0.0894. The summed E-state index contributed by atoms with van der Waals surface area (Å²) in [6.07, 6.45) is 3.33. The molecular formula is C19H24N4O2. The van der Waals surface area contributed by atoms with Crippen molar-refractivity contribution < 1.29 is 9.59 Å². The van der Waals surface area contributed by atoms with Gasteiger partial charge in [-0.2, -0.15) is 5.26 Å². The fourth-order valence-corrected chi connectivity index (χ4v) is 4.50. The molecule has 1 aromatic carbocycles. The lowest BCUT2D eigenvalue weighted by atomic mass is 9.69. The van der Waals surface area contributed by atoms with Crippen molar-refractivity contribution in [3.05, 3.63) is 35.4 Å². The van der Waals surface area contributed by atoms with Crippen LogP contribution in [0.15, 0.2) is 24.3 Å². The van der Waals surface area contributed by atoms with Crippen LogP contribution in [-0.2, 0) is 0 Å². The predicted molar refractivity (Wildman–Crippen MR) is 93.3 cm³/mol. The molecule has 6 heteroatoms. The van der Waals surface area contributed by atoms with Gasteiger partial charge in [-0.05, 0) is 60.3 Å². The zero-order chi connectivity index (χ0) is 18.2. The Hall–Kier alpha value is -2.55. The van der Waals surface area contributed by atoms with Crippen molar-refractivity contribution in [2.24, 2.45) is 16.7 Å². The highest BCUT2D eigenvalue weighted by Crippen LogP contribution is 2.65. The van der Waals surface area contributed by atoms with Crippen LogP contribution in [-0.4, -0.2) is 18.0 Å². The van der Waals surface area contributed by atoms with E-state index in [0.717, 1.165) is 12.8 Å². The second kappa shape index (κ2) is 6.07. The summed E-state index contributed by atoms with van der Waals surface area (Å²) in [5.41, 5.74) is 6.00. The van der Waals surface area contributed by atoms with E-state index < -0.39 is 11.9 Å². The van der Waals surface area contributed by atoms with Crippen LogP contribution in [0.1, 0.15) is 56.0 Å². The van der Waals surface area contributed by atoms with Crippen molar-refractivity contribution in [1.29, 1.82) is 5.26 Å². The average Bonchev–Trinajstić information content (AvgIpc) is 2.93. The molecule has 2 aliphatic rings. The molecule has 6 nitrogen and oxygen atoms in total. The quantitative estimate of drug-likeness (QED) is 0.723. The van der Waals surface area contributed by atoms with Gasteiger partial charge in [-0.25, -0.2) is 10.2 Å². The molecule has 3 atom stereocenters. The summed E-state index contributed by atoms with van der Waals surface area (Å²) in [6, 6.07) is 7.94. The number of benzene rings is 1. The molecule has 25 heavy (non-hydrogen) atoms. The number of nitriles is 1. The van der Waals surface area contributed by atoms with Gasteiger partial charge in [-0.3, -0.25) is 10.2 Å². The minimum atomic E-state index is -0.417. The Kier molecular flexibility index (Phi) is 4.19. The largest absolute Gasteiger partial charge is 0.333 e. The van der Waals surface area contributed by atoms with E-state index in [9.17, 15) is 9.59 Å². The molecule has 3 amide bonds. The molecule has 3 rings (SSSR count). The van der Waals surface area contributed by atoms with E-state index in [1.165, 1.54) is 6.42 Å². The lowest BCUT2D eigenvalue weighted by Gasteiger charge is -2.39. The number of hydrogen-bond acceptors (Lipinski definition) is 3. The van der Waals surface area contributed by atoms with Gasteiger partial charge >= 0.3 is 6.03 Å². The fraction of sp³-hybridized carbons (Fsp3) is 0.526. The number of nitrogens with one attached hydrogen (secondary N) is 3. The van der Waals surface area contributed by atoms with Crippen LogP contribution in [0, 0.1) is 28.1 Å². The van der Waals surface area contributed by atoms with Crippen molar-refractivity contribution in [2.75, 3.05) is 0 Å². The van der Waals surface area contributed by atoms with Crippen molar-refractivity contribution in [3.8, 4) is 6.07 Å². The van der Waals surface area contributed by atoms with Crippen molar-refractivity contribution in [2.45, 2.75) is 46.1 Å². The highest BCUT2D eigenvalue weighted by molar-refractivity contribution is 5.95. The first-order chi connectivity index (χ1) is 11.8. The third-order valence-electron chi connectivity index (χ3n) is 6.67. The molecule has 0 saturated heterocycles. The zero-order valence-electron chi connectivity index (χ0n) is 14.8. The summed E-state index contributed by atoms with van der Waals surface area (Å²) < 4.78 is 0. The number of amides is 3. The number of carbonyl (C=O) groups is 2. The van der Waals surface area contributed by atoms with Gasteiger partial charge in [0.05, 0.1) is 11.6 Å². The zero-order valence-corrected chi connectivity index (χ0v) is 14.8. The highest BCUT2D eigenvalue weighted by atomic mass is 16.2. The molecule has 0 heterocycles. The molecule has 3 unspecified atom stereocenters. The van der Waals surface area contributed by atoms with E-state index in [4.69, 9.17) is 5.26 Å². The molecule has 3 N–H and O–H groups in total. The van der Waals surface area contributed by atoms with Gasteiger partial charge in [-0.15, -0.1) is 0 Å². The fourth-order valence-electron chi connectivity index (χ4n) is 4.50. The van der Waals surface area contributed by atoms with E-state index in [1.807, 2.05) is 6.07 Å². The van der Waals surface area contributed by atoms with Crippen molar-refractivity contribution >= 4 is 11.9 Å². The third kappa shape index (κ3) is 2.84. The Labute approximate surface area is 147 Å². The van der Waals surface area contributed by atoms with Gasteiger partial charge in [0, 0.05) is 11.6 Å². The second-order valence-corrected chi connectivity index (χ2v) is 7.90. The molecule has 2 fully saturated rings. The maximum atomic E-state index is 12.2. The Morgan fingerprint density at radius 1 is 1.16 bits per heavy atom. The maximum absolute atomic E-state index is 12.2. The molecular weight excluding hydrogens is 316 g/mol. The SMILES string of the molecule is CC1(C)C2CCC1(C)C(NC(=O)NNC(=O)c1ccc(C#N)cc1)C2. The maximum Gasteiger partial charge on any atom is 0.333 e. The molecule has 0 aromatic heterocycles. The number of hydrazine groups is 1. The van der Waals surface area contributed by atoms with Crippen molar-refractivity contribution in [1.82, 2.24) is 16.2 Å². The molecule has 2 saturated carbocycles.